The highest BCUT2D eigenvalue weighted by Gasteiger charge is 2.36. The number of nitrogens with zero attached hydrogens (tertiary/aromatic N) is 2. The Labute approximate surface area is 181 Å². The average molecular weight is 454 g/mol. The van der Waals surface area contributed by atoms with Crippen LogP contribution >= 0.6 is 0 Å². The van der Waals surface area contributed by atoms with Gasteiger partial charge in [0.05, 0.1) is 12.4 Å². The Balaban J connectivity index is 1.29. The van der Waals surface area contributed by atoms with E-state index in [1.54, 1.807) is 6.07 Å². The number of imide groups is 1. The molecule has 1 atom stereocenters. The third-order valence-electron chi connectivity index (χ3n) is 6.13. The molecule has 3 amide bonds. The molecule has 0 spiro atoms. The molecule has 1 saturated heterocycles. The zero-order valence-electron chi connectivity index (χ0n) is 17.6. The van der Waals surface area contributed by atoms with E-state index in [0.717, 1.165) is 18.4 Å². The number of benzene rings is 1. The van der Waals surface area contributed by atoms with Crippen LogP contribution in [0.25, 0.3) is 0 Å². The lowest BCUT2D eigenvalue weighted by Gasteiger charge is -2.21. The quantitative estimate of drug-likeness (QED) is 0.434. The number of carbonyl (C=O) groups is 2. The van der Waals surface area contributed by atoms with Crippen LogP contribution in [0.3, 0.4) is 0 Å². The zero-order chi connectivity index (χ0) is 22.2. The summed E-state index contributed by atoms with van der Waals surface area (Å²) < 4.78 is 47.2. The van der Waals surface area contributed by atoms with Crippen molar-refractivity contribution < 1.29 is 27.1 Å². The molecule has 1 aromatic rings. The summed E-state index contributed by atoms with van der Waals surface area (Å²) >= 11 is 0. The average Bonchev–Trinajstić information content (AvgIpc) is 3.40. The van der Waals surface area contributed by atoms with E-state index >= 15 is 0 Å². The van der Waals surface area contributed by atoms with Crippen molar-refractivity contribution in [2.45, 2.75) is 51.6 Å². The largest absolute Gasteiger partial charge is 0.490 e. The number of hydrogen-bond acceptors (Lipinski definition) is 5. The predicted octanol–water partition coefficient (Wildman–Crippen LogP) is 2.54. The Morgan fingerprint density at radius 1 is 1.16 bits per heavy atom. The first-order chi connectivity index (χ1) is 14.7. The molecule has 1 aromatic carbocycles. The van der Waals surface area contributed by atoms with Gasteiger partial charge in [0.2, 0.25) is 15.9 Å². The van der Waals surface area contributed by atoms with Gasteiger partial charge in [-0.25, -0.2) is 17.6 Å². The van der Waals surface area contributed by atoms with Crippen molar-refractivity contribution in [2.24, 2.45) is 5.92 Å². The van der Waals surface area contributed by atoms with Gasteiger partial charge in [0.1, 0.15) is 6.54 Å². The van der Waals surface area contributed by atoms with Crippen molar-refractivity contribution in [2.75, 3.05) is 25.4 Å². The Kier molecular flexibility index (Phi) is 6.20. The summed E-state index contributed by atoms with van der Waals surface area (Å²) in [6, 6.07) is 2.28. The summed E-state index contributed by atoms with van der Waals surface area (Å²) in [5.74, 6) is -0.0734. The van der Waals surface area contributed by atoms with Crippen LogP contribution in [0.2, 0.25) is 0 Å². The van der Waals surface area contributed by atoms with Gasteiger partial charge in [-0.1, -0.05) is 6.42 Å². The van der Waals surface area contributed by atoms with E-state index in [1.807, 2.05) is 6.92 Å². The van der Waals surface area contributed by atoms with Gasteiger partial charge in [-0.15, -0.1) is 0 Å². The van der Waals surface area contributed by atoms with Crippen LogP contribution in [0.4, 0.5) is 9.18 Å². The zero-order valence-corrected chi connectivity index (χ0v) is 18.4. The molecule has 2 fully saturated rings. The van der Waals surface area contributed by atoms with E-state index in [9.17, 15) is 22.4 Å². The normalized spacial score (nSPS) is 21.5. The molecule has 0 bridgehead atoms. The van der Waals surface area contributed by atoms with E-state index in [0.29, 0.717) is 43.9 Å². The maximum Gasteiger partial charge on any atom is 0.324 e. The lowest BCUT2D eigenvalue weighted by molar-refractivity contribution is -0.118. The molecular weight excluding hydrogens is 425 g/mol. The lowest BCUT2D eigenvalue weighted by atomic mass is 10.1. The molecule has 8 nitrogen and oxygen atoms in total. The molecular formula is C21H28FN3O5S. The smallest absolute Gasteiger partial charge is 0.324 e. The second-order valence-electron chi connectivity index (χ2n) is 8.61. The Morgan fingerprint density at radius 2 is 1.94 bits per heavy atom. The first-order valence-corrected chi connectivity index (χ1v) is 12.4. The van der Waals surface area contributed by atoms with Crippen molar-refractivity contribution >= 4 is 22.0 Å². The van der Waals surface area contributed by atoms with Crippen LogP contribution in [-0.4, -0.2) is 55.0 Å². The van der Waals surface area contributed by atoms with Gasteiger partial charge >= 0.3 is 6.03 Å². The number of urea groups is 1. The molecule has 1 saturated carbocycles. The number of halogens is 1. The minimum atomic E-state index is -3.51. The predicted molar refractivity (Wildman–Crippen MR) is 111 cm³/mol. The Morgan fingerprint density at radius 3 is 2.61 bits per heavy atom. The van der Waals surface area contributed by atoms with Crippen LogP contribution in [0.15, 0.2) is 12.1 Å². The maximum absolute atomic E-state index is 14.4. The third-order valence-corrected chi connectivity index (χ3v) is 8.09. The van der Waals surface area contributed by atoms with E-state index in [-0.39, 0.29) is 36.5 Å². The fourth-order valence-electron chi connectivity index (χ4n) is 4.08. The van der Waals surface area contributed by atoms with E-state index < -0.39 is 21.9 Å². The molecule has 3 aliphatic rings. The molecule has 2 aliphatic heterocycles. The van der Waals surface area contributed by atoms with Gasteiger partial charge in [0.15, 0.2) is 11.6 Å². The van der Waals surface area contributed by atoms with Crippen molar-refractivity contribution in [3.63, 3.8) is 0 Å². The van der Waals surface area contributed by atoms with Crippen LogP contribution in [0.5, 0.6) is 5.75 Å². The number of amides is 3. The number of ether oxygens (including phenoxy) is 1. The summed E-state index contributed by atoms with van der Waals surface area (Å²) in [4.78, 5) is 24.1. The highest BCUT2D eigenvalue weighted by Crippen LogP contribution is 2.39. The van der Waals surface area contributed by atoms with Crippen LogP contribution in [-0.2, 0) is 21.4 Å². The van der Waals surface area contributed by atoms with Gasteiger partial charge in [-0.05, 0) is 61.8 Å². The molecule has 1 N–H and O–H groups in total. The monoisotopic (exact) mass is 453 g/mol. The number of rotatable bonds is 10. The number of unbranched alkanes of at least 4 members (excludes halogenated alkanes) is 2. The highest BCUT2D eigenvalue weighted by atomic mass is 32.2. The maximum atomic E-state index is 14.4. The molecule has 1 aliphatic carbocycles. The summed E-state index contributed by atoms with van der Waals surface area (Å²) in [5, 5.41) is 2.22. The highest BCUT2D eigenvalue weighted by molar-refractivity contribution is 7.89. The molecule has 0 unspecified atom stereocenters. The standard InChI is InChI=1S/C21H28FN3O5S/c1-14-17-10-19(30-13-15-5-6-15)18(22)9-16(17)11-25(14)31(28,29)8-4-2-3-7-24-12-20(26)23-21(24)27/h9-10,14-15H,2-8,11-13H2,1H3,(H,23,26,27)/t14-/m1/s1. The SMILES string of the molecule is C[C@@H]1c2cc(OCC3CC3)c(F)cc2CN1S(=O)(=O)CCCCCN1CC(=O)NC1=O. The van der Waals surface area contributed by atoms with Crippen molar-refractivity contribution in [1.29, 1.82) is 0 Å². The molecule has 10 heteroatoms. The van der Waals surface area contributed by atoms with Gasteiger partial charge in [-0.2, -0.15) is 4.31 Å². The van der Waals surface area contributed by atoms with Crippen molar-refractivity contribution in [3.05, 3.63) is 29.1 Å². The number of sulfonamides is 1. The van der Waals surface area contributed by atoms with Crippen molar-refractivity contribution in [1.82, 2.24) is 14.5 Å². The minimum absolute atomic E-state index is 0.00995. The number of nitrogens with one attached hydrogen (secondary N) is 1. The van der Waals surface area contributed by atoms with E-state index in [1.165, 1.54) is 15.3 Å². The van der Waals surface area contributed by atoms with Crippen LogP contribution in [0, 0.1) is 11.7 Å². The van der Waals surface area contributed by atoms with Gasteiger partial charge in [0, 0.05) is 19.1 Å². The fraction of sp³-hybridized carbons (Fsp3) is 0.619. The van der Waals surface area contributed by atoms with Crippen LogP contribution < -0.4 is 10.1 Å². The Bertz CT molecular complexity index is 979. The lowest BCUT2D eigenvalue weighted by Crippen LogP contribution is -2.31. The number of hydrogen-bond donors (Lipinski definition) is 1. The Hall–Kier alpha value is -2.20. The summed E-state index contributed by atoms with van der Waals surface area (Å²) in [5.41, 5.74) is 1.47. The van der Waals surface area contributed by atoms with Gasteiger partial charge in [-0.3, -0.25) is 10.1 Å². The number of carbonyl (C=O) groups excluding carboxylic acids is 2. The molecule has 0 aromatic heterocycles. The molecule has 0 radical (unpaired) electrons. The summed E-state index contributed by atoms with van der Waals surface area (Å²) in [6.07, 6.45) is 3.92. The van der Waals surface area contributed by atoms with Gasteiger partial charge in [0.25, 0.3) is 0 Å². The molecule has 2 heterocycles. The topological polar surface area (TPSA) is 96.0 Å². The molecule has 31 heavy (non-hydrogen) atoms. The summed E-state index contributed by atoms with van der Waals surface area (Å²) in [7, 11) is -3.51. The second kappa shape index (κ2) is 8.74. The summed E-state index contributed by atoms with van der Waals surface area (Å²) in [6.45, 7) is 2.96. The van der Waals surface area contributed by atoms with E-state index in [2.05, 4.69) is 5.32 Å². The third kappa shape index (κ3) is 5.01. The van der Waals surface area contributed by atoms with Crippen molar-refractivity contribution in [3.8, 4) is 5.75 Å². The first kappa shape index (κ1) is 22.0. The first-order valence-electron chi connectivity index (χ1n) is 10.8. The molecule has 4 rings (SSSR count). The number of fused-ring (bicyclic) bond motifs is 1. The van der Waals surface area contributed by atoms with E-state index in [4.69, 9.17) is 4.74 Å². The minimum Gasteiger partial charge on any atom is -0.490 e. The van der Waals surface area contributed by atoms with Gasteiger partial charge < -0.3 is 9.64 Å². The second-order valence-corrected chi connectivity index (χ2v) is 10.6. The fourth-order valence-corrected chi connectivity index (χ4v) is 5.82. The molecule has 170 valence electrons. The van der Waals surface area contributed by atoms with Crippen LogP contribution in [0.1, 0.15) is 56.2 Å².